The predicted molar refractivity (Wildman–Crippen MR) is 50.2 cm³/mol. The third-order valence-corrected chi connectivity index (χ3v) is 2.58. The molecule has 0 spiro atoms. The van der Waals surface area contributed by atoms with E-state index in [1.807, 2.05) is 6.92 Å². The van der Waals surface area contributed by atoms with Crippen LogP contribution >= 0.6 is 0 Å². The van der Waals surface area contributed by atoms with Crippen molar-refractivity contribution >= 4 is 5.91 Å². The molecule has 1 fully saturated rings. The van der Waals surface area contributed by atoms with Crippen LogP contribution in [0.4, 0.5) is 0 Å². The van der Waals surface area contributed by atoms with Crippen LogP contribution < -0.4 is 5.73 Å². The van der Waals surface area contributed by atoms with Gasteiger partial charge < -0.3 is 15.4 Å². The second kappa shape index (κ2) is 4.58. The summed E-state index contributed by atoms with van der Waals surface area (Å²) in [4.78, 5) is 13.3. The van der Waals surface area contributed by atoms with Crippen LogP contribution in [0, 0.1) is 5.92 Å². The number of carbonyl (C=O) groups is 1. The molecule has 0 radical (unpaired) electrons. The molecule has 4 heteroatoms. The number of likely N-dealkylation sites (tertiary alicyclic amines) is 1. The number of methoxy groups -OCH3 is 1. The average molecular weight is 186 g/mol. The Kier molecular flexibility index (Phi) is 3.69. The number of nitrogens with two attached hydrogens (primary N) is 1. The predicted octanol–water partition coefficient (Wildman–Crippen LogP) is -0.171. The monoisotopic (exact) mass is 186 g/mol. The van der Waals surface area contributed by atoms with Crippen molar-refractivity contribution in [1.29, 1.82) is 0 Å². The fraction of sp³-hybridized carbons (Fsp3) is 0.889. The van der Waals surface area contributed by atoms with Gasteiger partial charge in [0.05, 0.1) is 6.61 Å². The molecule has 4 nitrogen and oxygen atoms in total. The van der Waals surface area contributed by atoms with E-state index in [4.69, 9.17) is 10.5 Å². The van der Waals surface area contributed by atoms with Gasteiger partial charge in [-0.15, -0.1) is 0 Å². The first-order valence-corrected chi connectivity index (χ1v) is 4.67. The number of hydrogen-bond acceptors (Lipinski definition) is 3. The third-order valence-electron chi connectivity index (χ3n) is 2.58. The van der Waals surface area contributed by atoms with Crippen LogP contribution in [-0.2, 0) is 9.53 Å². The normalized spacial score (nSPS) is 29.5. The van der Waals surface area contributed by atoms with Gasteiger partial charge in [-0.05, 0) is 5.92 Å². The van der Waals surface area contributed by atoms with Crippen LogP contribution in [0.3, 0.4) is 0 Å². The van der Waals surface area contributed by atoms with Gasteiger partial charge in [-0.1, -0.05) is 6.92 Å². The lowest BCUT2D eigenvalue weighted by molar-refractivity contribution is -0.136. The maximum Gasteiger partial charge on any atom is 0.223 e. The smallest absolute Gasteiger partial charge is 0.223 e. The molecule has 2 N–H and O–H groups in total. The Bertz CT molecular complexity index is 184. The SMILES string of the molecule is COCCN1CC(N)C(C)CC1=O. The van der Waals surface area contributed by atoms with Crippen LogP contribution in [-0.4, -0.2) is 43.7 Å². The molecule has 0 aromatic rings. The molecule has 0 aliphatic carbocycles. The Balaban J connectivity index is 2.42. The minimum absolute atomic E-state index is 0.120. The summed E-state index contributed by atoms with van der Waals surface area (Å²) in [5.74, 6) is 0.512. The topological polar surface area (TPSA) is 55.6 Å². The fourth-order valence-electron chi connectivity index (χ4n) is 1.51. The van der Waals surface area contributed by atoms with Gasteiger partial charge in [0.25, 0.3) is 0 Å². The second-order valence-corrected chi connectivity index (χ2v) is 3.68. The Morgan fingerprint density at radius 2 is 2.38 bits per heavy atom. The van der Waals surface area contributed by atoms with E-state index in [-0.39, 0.29) is 11.9 Å². The van der Waals surface area contributed by atoms with E-state index in [0.717, 1.165) is 0 Å². The molecule has 0 aromatic heterocycles. The van der Waals surface area contributed by atoms with Gasteiger partial charge in [-0.25, -0.2) is 0 Å². The molecule has 0 aromatic carbocycles. The van der Waals surface area contributed by atoms with Crippen molar-refractivity contribution < 1.29 is 9.53 Å². The van der Waals surface area contributed by atoms with Crippen molar-refractivity contribution in [3.8, 4) is 0 Å². The highest BCUT2D eigenvalue weighted by molar-refractivity contribution is 5.77. The van der Waals surface area contributed by atoms with Crippen LogP contribution in [0.15, 0.2) is 0 Å². The molecular formula is C9H18N2O2. The Hall–Kier alpha value is -0.610. The highest BCUT2D eigenvalue weighted by Crippen LogP contribution is 2.16. The van der Waals surface area contributed by atoms with Gasteiger partial charge in [0, 0.05) is 32.7 Å². The fourth-order valence-corrected chi connectivity index (χ4v) is 1.51. The third kappa shape index (κ3) is 2.67. The summed E-state index contributed by atoms with van der Waals surface area (Å²) in [6.07, 6.45) is 0.574. The van der Waals surface area contributed by atoms with Crippen molar-refractivity contribution in [2.24, 2.45) is 11.7 Å². The number of piperidine rings is 1. The Labute approximate surface area is 79.0 Å². The van der Waals surface area contributed by atoms with Gasteiger partial charge in [0.1, 0.15) is 0 Å². The number of ether oxygens (including phenoxy) is 1. The summed E-state index contributed by atoms with van der Waals surface area (Å²) in [6.45, 7) is 3.95. The quantitative estimate of drug-likeness (QED) is 0.665. The molecule has 1 aliphatic heterocycles. The molecule has 1 amide bonds. The maximum absolute atomic E-state index is 11.5. The summed E-state index contributed by atoms with van der Waals surface area (Å²) in [7, 11) is 1.64. The largest absolute Gasteiger partial charge is 0.383 e. The lowest BCUT2D eigenvalue weighted by Gasteiger charge is -2.34. The zero-order valence-corrected chi connectivity index (χ0v) is 8.32. The van der Waals surface area contributed by atoms with E-state index in [1.165, 1.54) is 0 Å². The van der Waals surface area contributed by atoms with Crippen molar-refractivity contribution in [3.63, 3.8) is 0 Å². The summed E-state index contributed by atoms with van der Waals surface area (Å²) < 4.78 is 4.92. The van der Waals surface area contributed by atoms with Gasteiger partial charge in [0.15, 0.2) is 0 Å². The first kappa shape index (κ1) is 10.5. The molecule has 0 bridgehead atoms. The molecular weight excluding hydrogens is 168 g/mol. The number of amides is 1. The van der Waals surface area contributed by atoms with E-state index in [2.05, 4.69) is 0 Å². The first-order valence-electron chi connectivity index (χ1n) is 4.67. The summed E-state index contributed by atoms with van der Waals surface area (Å²) >= 11 is 0. The van der Waals surface area contributed by atoms with Crippen LogP contribution in [0.5, 0.6) is 0 Å². The minimum Gasteiger partial charge on any atom is -0.383 e. The average Bonchev–Trinajstić information content (AvgIpc) is 2.09. The lowest BCUT2D eigenvalue weighted by Crippen LogP contribution is -2.51. The maximum atomic E-state index is 11.5. The van der Waals surface area contributed by atoms with Gasteiger partial charge >= 0.3 is 0 Å². The van der Waals surface area contributed by atoms with E-state index in [9.17, 15) is 4.79 Å². The Morgan fingerprint density at radius 1 is 1.69 bits per heavy atom. The van der Waals surface area contributed by atoms with Crippen molar-refractivity contribution in [2.75, 3.05) is 26.8 Å². The second-order valence-electron chi connectivity index (χ2n) is 3.68. The molecule has 76 valence electrons. The Morgan fingerprint density at radius 3 is 3.00 bits per heavy atom. The molecule has 1 heterocycles. The first-order chi connectivity index (χ1) is 6.15. The summed E-state index contributed by atoms with van der Waals surface area (Å²) in [5.41, 5.74) is 5.87. The van der Waals surface area contributed by atoms with Crippen LogP contribution in [0.2, 0.25) is 0 Å². The lowest BCUT2D eigenvalue weighted by atomic mass is 9.94. The number of nitrogens with zero attached hydrogens (tertiary/aromatic N) is 1. The molecule has 0 saturated carbocycles. The van der Waals surface area contributed by atoms with Gasteiger partial charge in [-0.3, -0.25) is 4.79 Å². The number of rotatable bonds is 3. The molecule has 1 saturated heterocycles. The van der Waals surface area contributed by atoms with E-state index >= 15 is 0 Å². The van der Waals surface area contributed by atoms with Crippen molar-refractivity contribution in [1.82, 2.24) is 4.90 Å². The number of carbonyl (C=O) groups excluding carboxylic acids is 1. The minimum atomic E-state index is 0.120. The molecule has 1 aliphatic rings. The van der Waals surface area contributed by atoms with Crippen molar-refractivity contribution in [2.45, 2.75) is 19.4 Å². The standard InChI is InChI=1S/C9H18N2O2/c1-7-5-9(12)11(3-4-13-2)6-8(7)10/h7-8H,3-6,10H2,1-2H3. The molecule has 2 atom stereocenters. The molecule has 2 unspecified atom stereocenters. The van der Waals surface area contributed by atoms with Crippen molar-refractivity contribution in [3.05, 3.63) is 0 Å². The molecule has 13 heavy (non-hydrogen) atoms. The zero-order chi connectivity index (χ0) is 9.84. The number of hydrogen-bond donors (Lipinski definition) is 1. The van der Waals surface area contributed by atoms with Crippen LogP contribution in [0.1, 0.15) is 13.3 Å². The highest BCUT2D eigenvalue weighted by atomic mass is 16.5. The van der Waals surface area contributed by atoms with E-state index < -0.39 is 0 Å². The summed E-state index contributed by atoms with van der Waals surface area (Å²) in [6, 6.07) is 0.120. The van der Waals surface area contributed by atoms with E-state index in [1.54, 1.807) is 12.0 Å². The molecule has 1 rings (SSSR count). The highest BCUT2D eigenvalue weighted by Gasteiger charge is 2.28. The van der Waals surface area contributed by atoms with Gasteiger partial charge in [-0.2, -0.15) is 0 Å². The summed E-state index contributed by atoms with van der Waals surface area (Å²) in [5, 5.41) is 0. The zero-order valence-electron chi connectivity index (χ0n) is 8.32. The van der Waals surface area contributed by atoms with Crippen LogP contribution in [0.25, 0.3) is 0 Å². The van der Waals surface area contributed by atoms with Gasteiger partial charge in [0.2, 0.25) is 5.91 Å². The van der Waals surface area contributed by atoms with E-state index in [0.29, 0.717) is 32.0 Å².